The summed E-state index contributed by atoms with van der Waals surface area (Å²) in [6, 6.07) is -0.532. The van der Waals surface area contributed by atoms with Crippen LogP contribution in [0.1, 0.15) is 58.3 Å². The molecule has 0 saturated heterocycles. The van der Waals surface area contributed by atoms with Crippen LogP contribution in [0.3, 0.4) is 0 Å². The lowest BCUT2D eigenvalue weighted by atomic mass is 9.81. The van der Waals surface area contributed by atoms with Gasteiger partial charge in [0.15, 0.2) is 0 Å². The standard InChI is InChI=1S/C20H36N5O4/c1-3-16(24-19(28)15-8-9-17(26)10-15)12-23-25-20(29)22-11-13-4-6-14(7-5-13)18(27)21-2/h12-17,23,26H,3-11H2,1-2H3,(H,21,27)(H,24,28)(H2,22,25,29)/t13?,14?,15-,16-,17-/m0/s1. The molecule has 6 N–H and O–H groups in total. The van der Waals surface area contributed by atoms with Crippen molar-refractivity contribution in [2.24, 2.45) is 17.8 Å². The molecule has 0 unspecified atom stereocenters. The molecule has 3 atom stereocenters. The van der Waals surface area contributed by atoms with E-state index in [4.69, 9.17) is 0 Å². The lowest BCUT2D eigenvalue weighted by Gasteiger charge is -2.27. The predicted molar refractivity (Wildman–Crippen MR) is 109 cm³/mol. The van der Waals surface area contributed by atoms with Gasteiger partial charge in [-0.3, -0.25) is 15.0 Å². The van der Waals surface area contributed by atoms with E-state index in [1.165, 1.54) is 0 Å². The first-order valence-electron chi connectivity index (χ1n) is 10.8. The van der Waals surface area contributed by atoms with Crippen LogP contribution >= 0.6 is 0 Å². The van der Waals surface area contributed by atoms with E-state index in [-0.39, 0.29) is 41.8 Å². The molecule has 2 saturated carbocycles. The highest BCUT2D eigenvalue weighted by Gasteiger charge is 2.29. The number of hydrogen-bond acceptors (Lipinski definition) is 5. The number of rotatable bonds is 9. The summed E-state index contributed by atoms with van der Waals surface area (Å²) in [5.74, 6) is 0.395. The highest BCUT2D eigenvalue weighted by atomic mass is 16.3. The van der Waals surface area contributed by atoms with Crippen LogP contribution in [0.5, 0.6) is 0 Å². The van der Waals surface area contributed by atoms with Gasteiger partial charge in [0, 0.05) is 31.5 Å². The molecule has 0 aromatic rings. The summed E-state index contributed by atoms with van der Waals surface area (Å²) in [4.78, 5) is 35.8. The summed E-state index contributed by atoms with van der Waals surface area (Å²) >= 11 is 0. The maximum atomic E-state index is 12.2. The number of amides is 4. The van der Waals surface area contributed by atoms with Crippen molar-refractivity contribution in [2.75, 3.05) is 13.6 Å². The van der Waals surface area contributed by atoms with Gasteiger partial charge in [0.1, 0.15) is 0 Å². The van der Waals surface area contributed by atoms with Crippen molar-refractivity contribution < 1.29 is 19.5 Å². The second kappa shape index (κ2) is 12.0. The molecule has 4 amide bonds. The van der Waals surface area contributed by atoms with Crippen LogP contribution in [0.15, 0.2) is 0 Å². The van der Waals surface area contributed by atoms with Crippen LogP contribution in [-0.4, -0.2) is 48.7 Å². The van der Waals surface area contributed by atoms with E-state index >= 15 is 0 Å². The second-order valence-corrected chi connectivity index (χ2v) is 8.17. The molecule has 2 aliphatic rings. The first-order valence-corrected chi connectivity index (χ1v) is 10.8. The van der Waals surface area contributed by atoms with E-state index in [1.807, 2.05) is 6.92 Å². The summed E-state index contributed by atoms with van der Waals surface area (Å²) in [6.07, 6.45) is 5.78. The van der Waals surface area contributed by atoms with Crippen LogP contribution in [0.25, 0.3) is 0 Å². The van der Waals surface area contributed by atoms with Crippen molar-refractivity contribution in [3.05, 3.63) is 6.54 Å². The van der Waals surface area contributed by atoms with E-state index in [1.54, 1.807) is 13.6 Å². The van der Waals surface area contributed by atoms with Crippen molar-refractivity contribution >= 4 is 17.8 Å². The Morgan fingerprint density at radius 2 is 1.72 bits per heavy atom. The fourth-order valence-electron chi connectivity index (χ4n) is 4.08. The number of aliphatic hydroxyl groups is 1. The third-order valence-electron chi connectivity index (χ3n) is 6.03. The highest BCUT2D eigenvalue weighted by molar-refractivity contribution is 5.79. The molecule has 9 heteroatoms. The Bertz CT molecular complexity index is 551. The number of carbonyl (C=O) groups excluding carboxylic acids is 3. The normalized spacial score (nSPS) is 27.7. The van der Waals surface area contributed by atoms with Crippen LogP contribution in [-0.2, 0) is 9.59 Å². The van der Waals surface area contributed by atoms with Gasteiger partial charge in [-0.05, 0) is 57.3 Å². The van der Waals surface area contributed by atoms with E-state index in [9.17, 15) is 19.5 Å². The number of nitrogens with one attached hydrogen (secondary N) is 5. The second-order valence-electron chi connectivity index (χ2n) is 8.17. The molecule has 2 aliphatic carbocycles. The molecule has 0 aromatic carbocycles. The minimum absolute atomic E-state index is 0.0525. The van der Waals surface area contributed by atoms with Crippen molar-refractivity contribution in [3.8, 4) is 0 Å². The van der Waals surface area contributed by atoms with Crippen LogP contribution < -0.4 is 26.8 Å². The molecule has 1 radical (unpaired) electrons. The van der Waals surface area contributed by atoms with Gasteiger partial charge in [0.25, 0.3) is 0 Å². The minimum Gasteiger partial charge on any atom is -0.393 e. The van der Waals surface area contributed by atoms with Gasteiger partial charge in [-0.25, -0.2) is 10.2 Å². The van der Waals surface area contributed by atoms with Gasteiger partial charge in [-0.1, -0.05) is 6.92 Å². The van der Waals surface area contributed by atoms with Crippen molar-refractivity contribution in [1.29, 1.82) is 0 Å². The Morgan fingerprint density at radius 1 is 1.03 bits per heavy atom. The first kappa shape index (κ1) is 23.4. The Labute approximate surface area is 173 Å². The summed E-state index contributed by atoms with van der Waals surface area (Å²) in [5.41, 5.74) is 5.32. The molecule has 0 aromatic heterocycles. The zero-order chi connectivity index (χ0) is 21.2. The molecule has 0 heterocycles. The number of hydrogen-bond donors (Lipinski definition) is 6. The number of carbonyl (C=O) groups is 3. The van der Waals surface area contributed by atoms with Crippen molar-refractivity contribution in [2.45, 2.75) is 70.4 Å². The topological polar surface area (TPSA) is 132 Å². The van der Waals surface area contributed by atoms with Crippen molar-refractivity contribution in [3.63, 3.8) is 0 Å². The summed E-state index contributed by atoms with van der Waals surface area (Å²) in [6.45, 7) is 4.17. The summed E-state index contributed by atoms with van der Waals surface area (Å²) < 4.78 is 0. The summed E-state index contributed by atoms with van der Waals surface area (Å²) in [7, 11) is 1.66. The molecule has 2 fully saturated rings. The quantitative estimate of drug-likeness (QED) is 0.309. The van der Waals surface area contributed by atoms with E-state index < -0.39 is 0 Å². The number of aliphatic hydroxyl groups excluding tert-OH is 1. The molecule has 0 bridgehead atoms. The molecule has 165 valence electrons. The molecule has 2 rings (SSSR count). The fraction of sp³-hybridized carbons (Fsp3) is 0.800. The average Bonchev–Trinajstić information content (AvgIpc) is 3.17. The lowest BCUT2D eigenvalue weighted by Crippen LogP contribution is -2.49. The molecule has 0 spiro atoms. The minimum atomic E-state index is -0.378. The maximum Gasteiger partial charge on any atom is 0.329 e. The van der Waals surface area contributed by atoms with Crippen LogP contribution in [0, 0.1) is 24.3 Å². The van der Waals surface area contributed by atoms with E-state index in [2.05, 4.69) is 26.8 Å². The highest BCUT2D eigenvalue weighted by Crippen LogP contribution is 2.28. The van der Waals surface area contributed by atoms with Crippen LogP contribution in [0.2, 0.25) is 0 Å². The Kier molecular flexibility index (Phi) is 9.66. The molecule has 29 heavy (non-hydrogen) atoms. The predicted octanol–water partition coefficient (Wildman–Crippen LogP) is 0.560. The largest absolute Gasteiger partial charge is 0.393 e. The van der Waals surface area contributed by atoms with Gasteiger partial charge < -0.3 is 21.1 Å². The van der Waals surface area contributed by atoms with E-state index in [0.717, 1.165) is 25.7 Å². The lowest BCUT2D eigenvalue weighted by molar-refractivity contribution is -0.126. The first-order chi connectivity index (χ1) is 13.9. The van der Waals surface area contributed by atoms with Crippen molar-refractivity contribution in [1.82, 2.24) is 26.8 Å². The van der Waals surface area contributed by atoms with Gasteiger partial charge >= 0.3 is 6.03 Å². The SMILES string of the molecule is CC[C@@H]([CH]NNC(=O)NCC1CCC(C(=O)NC)CC1)NC(=O)[C@H]1CC[C@H](O)C1. The fourth-order valence-corrected chi connectivity index (χ4v) is 4.08. The molecular formula is C20H36N5O4. The van der Waals surface area contributed by atoms with Gasteiger partial charge in [0.05, 0.1) is 12.6 Å². The average molecular weight is 411 g/mol. The van der Waals surface area contributed by atoms with Gasteiger partial charge in [-0.2, -0.15) is 0 Å². The monoisotopic (exact) mass is 410 g/mol. The number of hydrazine groups is 1. The smallest absolute Gasteiger partial charge is 0.329 e. The molecule has 0 aliphatic heterocycles. The maximum absolute atomic E-state index is 12.2. The van der Waals surface area contributed by atoms with E-state index in [0.29, 0.717) is 38.1 Å². The summed E-state index contributed by atoms with van der Waals surface area (Å²) in [5, 5.41) is 18.0. The van der Waals surface area contributed by atoms with Crippen LogP contribution in [0.4, 0.5) is 4.79 Å². The van der Waals surface area contributed by atoms with Gasteiger partial charge in [0.2, 0.25) is 11.8 Å². The third kappa shape index (κ3) is 7.81. The van der Waals surface area contributed by atoms with Gasteiger partial charge in [-0.15, -0.1) is 0 Å². The zero-order valence-corrected chi connectivity index (χ0v) is 17.5. The number of urea groups is 1. The Balaban J connectivity index is 1.57. The Hall–Kier alpha value is -1.87. The molecule has 9 nitrogen and oxygen atoms in total. The molecular weight excluding hydrogens is 374 g/mol. The zero-order valence-electron chi connectivity index (χ0n) is 17.5. The third-order valence-corrected chi connectivity index (χ3v) is 6.03. The Morgan fingerprint density at radius 3 is 2.31 bits per heavy atom.